The lowest BCUT2D eigenvalue weighted by Gasteiger charge is -2.38. The summed E-state index contributed by atoms with van der Waals surface area (Å²) < 4.78 is 0. The zero-order valence-electron chi connectivity index (χ0n) is 11.0. The molecule has 0 spiro atoms. The monoisotopic (exact) mass is 310 g/mol. The fourth-order valence-corrected chi connectivity index (χ4v) is 2.94. The summed E-state index contributed by atoms with van der Waals surface area (Å²) in [5.41, 5.74) is 0.721. The van der Waals surface area contributed by atoms with Crippen LogP contribution in [0.1, 0.15) is 19.3 Å². The predicted octanol–water partition coefficient (Wildman–Crippen LogP) is 3.89. The minimum Gasteiger partial charge on any atom is -0.395 e. The molecule has 1 saturated carbocycles. The summed E-state index contributed by atoms with van der Waals surface area (Å²) in [7, 11) is 0. The van der Waals surface area contributed by atoms with Gasteiger partial charge >= 0.3 is 0 Å². The highest BCUT2D eigenvalue weighted by Gasteiger charge is 2.25. The van der Waals surface area contributed by atoms with Crippen LogP contribution in [0.4, 0.5) is 5.82 Å². The first kappa shape index (κ1) is 13.9. The third-order valence-corrected chi connectivity index (χ3v) is 4.68. The molecule has 1 N–H and O–H groups in total. The number of fused-ring (bicyclic) bond motifs is 1. The Morgan fingerprint density at radius 3 is 2.60 bits per heavy atom. The summed E-state index contributed by atoms with van der Waals surface area (Å²) in [6.07, 6.45) is 3.55. The molecule has 1 fully saturated rings. The van der Waals surface area contributed by atoms with Gasteiger partial charge in [-0.15, -0.1) is 0 Å². The van der Waals surface area contributed by atoms with E-state index in [4.69, 9.17) is 23.2 Å². The largest absolute Gasteiger partial charge is 0.395 e. The van der Waals surface area contributed by atoms with E-state index < -0.39 is 0 Å². The van der Waals surface area contributed by atoms with E-state index in [1.54, 1.807) is 6.07 Å². The lowest BCUT2D eigenvalue weighted by atomic mass is 9.91. The average Bonchev–Trinajstić information content (AvgIpc) is 2.40. The molecule has 20 heavy (non-hydrogen) atoms. The second-order valence-electron chi connectivity index (χ2n) is 5.10. The Kier molecular flexibility index (Phi) is 4.01. The van der Waals surface area contributed by atoms with Gasteiger partial charge in [0, 0.05) is 18.0 Å². The zero-order valence-corrected chi connectivity index (χ0v) is 12.5. The smallest absolute Gasteiger partial charge is 0.129 e. The van der Waals surface area contributed by atoms with Gasteiger partial charge in [0.15, 0.2) is 0 Å². The van der Waals surface area contributed by atoms with Crippen LogP contribution in [-0.4, -0.2) is 29.3 Å². The predicted molar refractivity (Wildman–Crippen MR) is 83.8 cm³/mol. The van der Waals surface area contributed by atoms with Crippen molar-refractivity contribution in [1.82, 2.24) is 4.98 Å². The molecule has 1 aromatic carbocycles. The number of benzene rings is 1. The van der Waals surface area contributed by atoms with Crippen LogP contribution in [0.3, 0.4) is 0 Å². The first-order valence-corrected chi connectivity index (χ1v) is 7.58. The first-order chi connectivity index (χ1) is 9.70. The van der Waals surface area contributed by atoms with Crippen LogP contribution in [0.15, 0.2) is 24.3 Å². The topological polar surface area (TPSA) is 36.4 Å². The van der Waals surface area contributed by atoms with E-state index >= 15 is 0 Å². The molecule has 0 aliphatic heterocycles. The van der Waals surface area contributed by atoms with Crippen molar-refractivity contribution in [1.29, 1.82) is 0 Å². The Bertz CT molecular complexity index is 629. The molecule has 0 bridgehead atoms. The van der Waals surface area contributed by atoms with Crippen molar-refractivity contribution in [2.75, 3.05) is 18.1 Å². The number of rotatable bonds is 4. The van der Waals surface area contributed by atoms with E-state index in [0.29, 0.717) is 22.6 Å². The number of aromatic nitrogens is 1. The summed E-state index contributed by atoms with van der Waals surface area (Å²) >= 11 is 12.3. The summed E-state index contributed by atoms with van der Waals surface area (Å²) in [5.74, 6) is 0.861. The number of aliphatic hydroxyl groups excluding tert-OH is 1. The van der Waals surface area contributed by atoms with E-state index in [-0.39, 0.29) is 6.61 Å². The van der Waals surface area contributed by atoms with E-state index in [0.717, 1.165) is 29.6 Å². The maximum absolute atomic E-state index is 9.26. The molecule has 1 aliphatic carbocycles. The highest BCUT2D eigenvalue weighted by atomic mass is 35.5. The van der Waals surface area contributed by atoms with Crippen LogP contribution in [0.5, 0.6) is 0 Å². The van der Waals surface area contributed by atoms with Gasteiger partial charge in [-0.3, -0.25) is 0 Å². The fraction of sp³-hybridized carbons (Fsp3) is 0.400. The molecule has 3 nitrogen and oxygen atoms in total. The Hall–Kier alpha value is -1.03. The van der Waals surface area contributed by atoms with Crippen LogP contribution in [0.2, 0.25) is 10.0 Å². The Morgan fingerprint density at radius 2 is 1.95 bits per heavy atom. The molecule has 0 atom stereocenters. The Labute approximate surface area is 128 Å². The highest BCUT2D eigenvalue weighted by Crippen LogP contribution is 2.33. The summed E-state index contributed by atoms with van der Waals surface area (Å²) in [4.78, 5) is 6.82. The molecule has 106 valence electrons. The van der Waals surface area contributed by atoms with Crippen LogP contribution in [0.25, 0.3) is 10.9 Å². The molecular weight excluding hydrogens is 295 g/mol. The maximum Gasteiger partial charge on any atom is 0.129 e. The summed E-state index contributed by atoms with van der Waals surface area (Å²) in [5, 5.41) is 11.2. The van der Waals surface area contributed by atoms with Crippen molar-refractivity contribution >= 4 is 39.9 Å². The standard InChI is InChI=1S/C15H16Cl2N2O/c16-12-6-4-10-5-7-13(18-15(10)14(12)17)19(8-9-20)11-2-1-3-11/h4-7,11,20H,1-3,8-9H2. The highest BCUT2D eigenvalue weighted by molar-refractivity contribution is 6.45. The molecule has 1 aromatic heterocycles. The van der Waals surface area contributed by atoms with Gasteiger partial charge in [-0.1, -0.05) is 29.3 Å². The minimum atomic E-state index is 0.124. The van der Waals surface area contributed by atoms with Gasteiger partial charge in [-0.25, -0.2) is 4.98 Å². The number of halogens is 2. The SMILES string of the molecule is OCCN(c1ccc2ccc(Cl)c(Cl)c2n1)C1CCC1. The minimum absolute atomic E-state index is 0.124. The fourth-order valence-electron chi connectivity index (χ4n) is 2.57. The number of pyridine rings is 1. The second-order valence-corrected chi connectivity index (χ2v) is 5.89. The molecule has 0 saturated heterocycles. The average molecular weight is 311 g/mol. The Morgan fingerprint density at radius 1 is 1.20 bits per heavy atom. The van der Waals surface area contributed by atoms with Gasteiger partial charge in [0.25, 0.3) is 0 Å². The molecule has 0 unspecified atom stereocenters. The first-order valence-electron chi connectivity index (χ1n) is 6.83. The number of hydrogen-bond acceptors (Lipinski definition) is 3. The summed E-state index contributed by atoms with van der Waals surface area (Å²) in [6, 6.07) is 8.17. The van der Waals surface area contributed by atoms with Crippen LogP contribution < -0.4 is 4.90 Å². The van der Waals surface area contributed by atoms with Gasteiger partial charge in [0.05, 0.1) is 22.2 Å². The number of nitrogens with zero attached hydrogens (tertiary/aromatic N) is 2. The van der Waals surface area contributed by atoms with Crippen molar-refractivity contribution < 1.29 is 5.11 Å². The van der Waals surface area contributed by atoms with E-state index in [9.17, 15) is 5.11 Å². The third-order valence-electron chi connectivity index (χ3n) is 3.89. The normalized spacial score (nSPS) is 15.3. The van der Waals surface area contributed by atoms with Gasteiger partial charge in [0.1, 0.15) is 5.82 Å². The number of hydrogen-bond donors (Lipinski definition) is 1. The van der Waals surface area contributed by atoms with Crippen LogP contribution in [0, 0.1) is 0 Å². The van der Waals surface area contributed by atoms with Gasteiger partial charge in [-0.05, 0) is 37.5 Å². The van der Waals surface area contributed by atoms with Crippen molar-refractivity contribution in [3.8, 4) is 0 Å². The quantitative estimate of drug-likeness (QED) is 0.930. The molecular formula is C15H16Cl2N2O. The second kappa shape index (κ2) is 5.76. The number of anilines is 1. The van der Waals surface area contributed by atoms with Crippen LogP contribution in [-0.2, 0) is 0 Å². The van der Waals surface area contributed by atoms with E-state index in [1.807, 2.05) is 18.2 Å². The molecule has 5 heteroatoms. The molecule has 0 amide bonds. The van der Waals surface area contributed by atoms with Crippen molar-refractivity contribution in [2.45, 2.75) is 25.3 Å². The zero-order chi connectivity index (χ0) is 14.1. The maximum atomic E-state index is 9.26. The lowest BCUT2D eigenvalue weighted by molar-refractivity contribution is 0.283. The molecule has 2 aromatic rings. The third kappa shape index (κ3) is 2.46. The van der Waals surface area contributed by atoms with E-state index in [2.05, 4.69) is 9.88 Å². The van der Waals surface area contributed by atoms with Crippen molar-refractivity contribution in [3.63, 3.8) is 0 Å². The molecule has 1 aliphatic rings. The van der Waals surface area contributed by atoms with Crippen molar-refractivity contribution in [3.05, 3.63) is 34.3 Å². The van der Waals surface area contributed by atoms with Gasteiger partial charge < -0.3 is 10.0 Å². The van der Waals surface area contributed by atoms with Crippen molar-refractivity contribution in [2.24, 2.45) is 0 Å². The number of aliphatic hydroxyl groups is 1. The van der Waals surface area contributed by atoms with Gasteiger partial charge in [-0.2, -0.15) is 0 Å². The van der Waals surface area contributed by atoms with Gasteiger partial charge in [0.2, 0.25) is 0 Å². The molecule has 3 rings (SSSR count). The Balaban J connectivity index is 2.03. The summed E-state index contributed by atoms with van der Waals surface area (Å²) in [6.45, 7) is 0.723. The van der Waals surface area contributed by atoms with Crippen LogP contribution >= 0.6 is 23.2 Å². The lowest BCUT2D eigenvalue weighted by Crippen LogP contribution is -2.42. The molecule has 0 radical (unpaired) electrons. The van der Waals surface area contributed by atoms with E-state index in [1.165, 1.54) is 6.42 Å². The molecule has 1 heterocycles.